The Balaban J connectivity index is 0.00000169. The SMILES string of the molecule is CS(=O)(=O)Cn1ncc(C(=O)O)n1.[LiH]. The zero-order valence-electron chi connectivity index (χ0n) is 6.71. The molecule has 0 unspecified atom stereocenters. The molecule has 0 amide bonds. The summed E-state index contributed by atoms with van der Waals surface area (Å²) in [7, 11) is -3.24. The average Bonchev–Trinajstić information content (AvgIpc) is 2.31. The number of rotatable bonds is 3. The zero-order valence-corrected chi connectivity index (χ0v) is 7.52. The van der Waals surface area contributed by atoms with Crippen LogP contribution in [0.3, 0.4) is 0 Å². The molecule has 9 heteroatoms. The van der Waals surface area contributed by atoms with Gasteiger partial charge in [0.05, 0.1) is 6.20 Å². The van der Waals surface area contributed by atoms with Crippen LogP contribution in [0.25, 0.3) is 0 Å². The van der Waals surface area contributed by atoms with Crippen molar-refractivity contribution in [1.82, 2.24) is 15.0 Å². The van der Waals surface area contributed by atoms with Gasteiger partial charge in [0.15, 0.2) is 21.4 Å². The number of carbonyl (C=O) groups is 1. The number of nitrogens with zero attached hydrogens (tertiary/aromatic N) is 3. The van der Waals surface area contributed by atoms with Gasteiger partial charge in [0.1, 0.15) is 0 Å². The van der Waals surface area contributed by atoms with Gasteiger partial charge in [-0.3, -0.25) is 0 Å². The fourth-order valence-corrected chi connectivity index (χ4v) is 1.21. The average molecular weight is 213 g/mol. The van der Waals surface area contributed by atoms with E-state index in [0.717, 1.165) is 17.2 Å². The minimum atomic E-state index is -3.24. The van der Waals surface area contributed by atoms with Crippen LogP contribution in [0.2, 0.25) is 0 Å². The summed E-state index contributed by atoms with van der Waals surface area (Å²) >= 11 is 0. The van der Waals surface area contributed by atoms with Gasteiger partial charge in [-0.15, -0.1) is 5.10 Å². The Morgan fingerprint density at radius 1 is 1.64 bits per heavy atom. The van der Waals surface area contributed by atoms with E-state index in [0.29, 0.717) is 0 Å². The monoisotopic (exact) mass is 213 g/mol. The normalized spacial score (nSPS) is 10.6. The van der Waals surface area contributed by atoms with Crippen LogP contribution in [0.4, 0.5) is 0 Å². The summed E-state index contributed by atoms with van der Waals surface area (Å²) in [5, 5.41) is 15.3. The van der Waals surface area contributed by atoms with Crippen LogP contribution in [0, 0.1) is 0 Å². The molecule has 0 aliphatic carbocycles. The summed E-state index contributed by atoms with van der Waals surface area (Å²) in [4.78, 5) is 11.1. The van der Waals surface area contributed by atoms with Crippen LogP contribution in [-0.2, 0) is 15.7 Å². The molecular weight excluding hydrogens is 205 g/mol. The van der Waals surface area contributed by atoms with Crippen LogP contribution in [-0.4, -0.2) is 59.6 Å². The van der Waals surface area contributed by atoms with Crippen molar-refractivity contribution >= 4 is 34.7 Å². The van der Waals surface area contributed by atoms with Crippen molar-refractivity contribution < 1.29 is 18.3 Å². The van der Waals surface area contributed by atoms with Crippen LogP contribution in [0.5, 0.6) is 0 Å². The van der Waals surface area contributed by atoms with E-state index in [1.807, 2.05) is 0 Å². The molecule has 0 aliphatic heterocycles. The van der Waals surface area contributed by atoms with E-state index in [1.165, 1.54) is 0 Å². The molecule has 0 atom stereocenters. The molecule has 0 saturated carbocycles. The Labute approximate surface area is 92.2 Å². The van der Waals surface area contributed by atoms with Crippen LogP contribution >= 0.6 is 0 Å². The van der Waals surface area contributed by atoms with Gasteiger partial charge in [-0.25, -0.2) is 13.2 Å². The third kappa shape index (κ3) is 3.91. The number of aromatic carboxylic acids is 1. The van der Waals surface area contributed by atoms with Gasteiger partial charge < -0.3 is 5.11 Å². The van der Waals surface area contributed by atoms with Gasteiger partial charge in [-0.05, 0) is 0 Å². The second-order valence-electron chi connectivity index (χ2n) is 2.46. The van der Waals surface area contributed by atoms with E-state index in [9.17, 15) is 13.2 Å². The Bertz CT molecular complexity index is 426. The predicted molar refractivity (Wildman–Crippen MR) is 49.0 cm³/mol. The van der Waals surface area contributed by atoms with E-state index >= 15 is 0 Å². The molecule has 0 spiro atoms. The van der Waals surface area contributed by atoms with E-state index in [-0.39, 0.29) is 24.6 Å². The van der Waals surface area contributed by atoms with Gasteiger partial charge in [0, 0.05) is 6.26 Å². The van der Waals surface area contributed by atoms with Crippen LogP contribution in [0.1, 0.15) is 10.5 Å². The molecular formula is C5H8LiN3O4S. The molecule has 1 aromatic heterocycles. The van der Waals surface area contributed by atoms with Crippen molar-refractivity contribution in [2.75, 3.05) is 6.26 Å². The standard InChI is InChI=1S/C5H7N3O4S.Li.H/c1-13(11,12)3-8-6-2-4(7-8)5(9)10;;/h2H,3H2,1H3,(H,9,10);;. The Morgan fingerprint density at radius 3 is 2.57 bits per heavy atom. The van der Waals surface area contributed by atoms with Gasteiger partial charge in [-0.2, -0.15) is 9.90 Å². The Hall–Kier alpha value is -0.843. The molecule has 0 fully saturated rings. The number of aromatic nitrogens is 3. The first-order valence-electron chi connectivity index (χ1n) is 3.19. The van der Waals surface area contributed by atoms with Crippen molar-refractivity contribution in [1.29, 1.82) is 0 Å². The molecule has 0 aromatic carbocycles. The third-order valence-electron chi connectivity index (χ3n) is 1.11. The third-order valence-corrected chi connectivity index (χ3v) is 1.81. The molecule has 0 bridgehead atoms. The number of hydrogen-bond acceptors (Lipinski definition) is 5. The van der Waals surface area contributed by atoms with E-state index in [2.05, 4.69) is 10.2 Å². The number of carboxylic acid groups (broad SMARTS) is 1. The number of hydrogen-bond donors (Lipinski definition) is 1. The van der Waals surface area contributed by atoms with Crippen molar-refractivity contribution in [2.24, 2.45) is 0 Å². The second kappa shape index (κ2) is 4.59. The van der Waals surface area contributed by atoms with Gasteiger partial charge in [0.2, 0.25) is 0 Å². The first-order chi connectivity index (χ1) is 5.88. The summed E-state index contributed by atoms with van der Waals surface area (Å²) in [6.45, 7) is 0. The first kappa shape index (κ1) is 13.2. The number of carboxylic acids is 1. The predicted octanol–water partition coefficient (Wildman–Crippen LogP) is -1.67. The summed E-state index contributed by atoms with van der Waals surface area (Å²) in [5.74, 6) is -1.65. The summed E-state index contributed by atoms with van der Waals surface area (Å²) in [6, 6.07) is 0. The fraction of sp³-hybridized carbons (Fsp3) is 0.400. The van der Waals surface area contributed by atoms with Gasteiger partial charge in [0.25, 0.3) is 0 Å². The summed E-state index contributed by atoms with van der Waals surface area (Å²) in [5.41, 5.74) is -0.274. The quantitative estimate of drug-likeness (QED) is 0.602. The van der Waals surface area contributed by atoms with Crippen molar-refractivity contribution in [3.63, 3.8) is 0 Å². The molecule has 1 N–H and O–H groups in total. The van der Waals surface area contributed by atoms with Crippen molar-refractivity contribution in [3.05, 3.63) is 11.9 Å². The van der Waals surface area contributed by atoms with Crippen LogP contribution < -0.4 is 0 Å². The van der Waals surface area contributed by atoms with E-state index in [1.54, 1.807) is 0 Å². The molecule has 14 heavy (non-hydrogen) atoms. The minimum absolute atomic E-state index is 0. The summed E-state index contributed by atoms with van der Waals surface area (Å²) < 4.78 is 21.5. The molecule has 74 valence electrons. The molecule has 1 aromatic rings. The van der Waals surface area contributed by atoms with E-state index in [4.69, 9.17) is 5.11 Å². The van der Waals surface area contributed by atoms with E-state index < -0.39 is 21.7 Å². The molecule has 0 radical (unpaired) electrons. The zero-order chi connectivity index (χ0) is 10.1. The topological polar surface area (TPSA) is 102 Å². The van der Waals surface area contributed by atoms with Gasteiger partial charge >= 0.3 is 24.8 Å². The van der Waals surface area contributed by atoms with Crippen molar-refractivity contribution in [2.45, 2.75) is 5.88 Å². The molecule has 0 aliphatic rings. The molecule has 1 heterocycles. The fourth-order valence-electron chi connectivity index (χ4n) is 0.667. The molecule has 0 saturated heterocycles. The molecule has 7 nitrogen and oxygen atoms in total. The maximum absolute atomic E-state index is 10.7. The van der Waals surface area contributed by atoms with Crippen molar-refractivity contribution in [3.8, 4) is 0 Å². The molecule has 1 rings (SSSR count). The first-order valence-corrected chi connectivity index (χ1v) is 5.26. The number of sulfone groups is 1. The maximum atomic E-state index is 10.7. The van der Waals surface area contributed by atoms with Crippen LogP contribution in [0.15, 0.2) is 6.20 Å². The Kier molecular flexibility index (Phi) is 4.31. The second-order valence-corrected chi connectivity index (χ2v) is 4.57. The Morgan fingerprint density at radius 2 is 2.21 bits per heavy atom. The van der Waals surface area contributed by atoms with Gasteiger partial charge in [-0.1, -0.05) is 0 Å². The summed E-state index contributed by atoms with van der Waals surface area (Å²) in [6.07, 6.45) is 2.00.